The maximum absolute atomic E-state index is 5.09. The van der Waals surface area contributed by atoms with Gasteiger partial charge in [0.05, 0.1) is 13.3 Å². The Morgan fingerprint density at radius 2 is 2.07 bits per heavy atom. The summed E-state index contributed by atoms with van der Waals surface area (Å²) in [6.45, 7) is 0. The monoisotopic (exact) mass is 205 g/mol. The highest BCUT2D eigenvalue weighted by atomic mass is 16.5. The summed E-state index contributed by atoms with van der Waals surface area (Å²) >= 11 is 0. The van der Waals surface area contributed by atoms with Gasteiger partial charge >= 0.3 is 0 Å². The average Bonchev–Trinajstić information content (AvgIpc) is 2.60. The van der Waals surface area contributed by atoms with Gasteiger partial charge in [-0.15, -0.1) is 5.10 Å². The standard InChI is InChI=1S/C9H11N5O/c1-14-6-7(8(13-14)15-2)12-9-10-4-3-5-11-9/h3-6H,1-2H3,(H,10,11,12). The predicted molar refractivity (Wildman–Crippen MR) is 55.1 cm³/mol. The lowest BCUT2D eigenvalue weighted by Gasteiger charge is -2.02. The normalized spacial score (nSPS) is 10.0. The van der Waals surface area contributed by atoms with Crippen molar-refractivity contribution in [3.63, 3.8) is 0 Å². The summed E-state index contributed by atoms with van der Waals surface area (Å²) in [5.74, 6) is 1.04. The van der Waals surface area contributed by atoms with Crippen molar-refractivity contribution < 1.29 is 4.74 Å². The zero-order valence-corrected chi connectivity index (χ0v) is 8.51. The molecule has 78 valence electrons. The Morgan fingerprint density at radius 3 is 2.73 bits per heavy atom. The average molecular weight is 205 g/mol. The van der Waals surface area contributed by atoms with Crippen molar-refractivity contribution in [2.24, 2.45) is 7.05 Å². The van der Waals surface area contributed by atoms with Crippen LogP contribution < -0.4 is 10.1 Å². The maximum Gasteiger partial charge on any atom is 0.256 e. The molecule has 2 rings (SSSR count). The van der Waals surface area contributed by atoms with E-state index in [2.05, 4.69) is 20.4 Å². The number of rotatable bonds is 3. The summed E-state index contributed by atoms with van der Waals surface area (Å²) in [6, 6.07) is 1.76. The molecule has 0 saturated carbocycles. The van der Waals surface area contributed by atoms with Crippen LogP contribution in [0.5, 0.6) is 5.88 Å². The van der Waals surface area contributed by atoms with E-state index in [1.54, 1.807) is 36.4 Å². The number of ether oxygens (including phenoxy) is 1. The first-order valence-electron chi connectivity index (χ1n) is 4.41. The van der Waals surface area contributed by atoms with Crippen LogP contribution in [-0.2, 0) is 7.05 Å². The number of anilines is 2. The number of hydrogen-bond acceptors (Lipinski definition) is 5. The van der Waals surface area contributed by atoms with Crippen LogP contribution in [0.15, 0.2) is 24.7 Å². The number of aryl methyl sites for hydroxylation is 1. The molecule has 0 aromatic carbocycles. The molecule has 0 amide bonds. The Hall–Kier alpha value is -2.11. The molecule has 0 aliphatic carbocycles. The van der Waals surface area contributed by atoms with Gasteiger partial charge < -0.3 is 10.1 Å². The molecule has 2 heterocycles. The Balaban J connectivity index is 2.24. The van der Waals surface area contributed by atoms with Gasteiger partial charge in [-0.1, -0.05) is 0 Å². The Bertz CT molecular complexity index is 439. The zero-order valence-electron chi connectivity index (χ0n) is 8.51. The van der Waals surface area contributed by atoms with Crippen LogP contribution in [-0.4, -0.2) is 26.9 Å². The van der Waals surface area contributed by atoms with Crippen molar-refractivity contribution in [3.05, 3.63) is 24.7 Å². The lowest BCUT2D eigenvalue weighted by molar-refractivity contribution is 0.393. The van der Waals surface area contributed by atoms with Crippen LogP contribution in [0.2, 0.25) is 0 Å². The van der Waals surface area contributed by atoms with E-state index in [0.29, 0.717) is 11.8 Å². The highest BCUT2D eigenvalue weighted by Gasteiger charge is 2.08. The van der Waals surface area contributed by atoms with Crippen molar-refractivity contribution in [2.75, 3.05) is 12.4 Å². The molecule has 0 bridgehead atoms. The van der Waals surface area contributed by atoms with Gasteiger partial charge in [0.2, 0.25) is 5.95 Å². The molecule has 0 fully saturated rings. The third-order valence-corrected chi connectivity index (χ3v) is 1.80. The topological polar surface area (TPSA) is 64.9 Å². The molecule has 0 aliphatic rings. The zero-order chi connectivity index (χ0) is 10.7. The van der Waals surface area contributed by atoms with E-state index in [-0.39, 0.29) is 0 Å². The molecule has 6 heteroatoms. The van der Waals surface area contributed by atoms with Gasteiger partial charge in [-0.2, -0.15) is 0 Å². The number of methoxy groups -OCH3 is 1. The van der Waals surface area contributed by atoms with Crippen LogP contribution >= 0.6 is 0 Å². The fourth-order valence-electron chi connectivity index (χ4n) is 1.19. The molecular weight excluding hydrogens is 194 g/mol. The van der Waals surface area contributed by atoms with E-state index in [9.17, 15) is 0 Å². The Labute approximate surface area is 86.9 Å². The fraction of sp³-hybridized carbons (Fsp3) is 0.222. The third-order valence-electron chi connectivity index (χ3n) is 1.80. The summed E-state index contributed by atoms with van der Waals surface area (Å²) in [5.41, 5.74) is 0.742. The van der Waals surface area contributed by atoms with Crippen molar-refractivity contribution in [2.45, 2.75) is 0 Å². The molecule has 0 saturated heterocycles. The molecule has 0 unspecified atom stereocenters. The highest BCUT2D eigenvalue weighted by molar-refractivity contribution is 5.58. The van der Waals surface area contributed by atoms with E-state index >= 15 is 0 Å². The third kappa shape index (κ3) is 2.04. The van der Waals surface area contributed by atoms with Gasteiger partial charge in [0.1, 0.15) is 5.69 Å². The molecule has 0 spiro atoms. The minimum Gasteiger partial charge on any atom is -0.478 e. The van der Waals surface area contributed by atoms with Gasteiger partial charge in [-0.3, -0.25) is 4.68 Å². The number of nitrogens with zero attached hydrogens (tertiary/aromatic N) is 4. The van der Waals surface area contributed by atoms with Crippen LogP contribution in [0.4, 0.5) is 11.6 Å². The van der Waals surface area contributed by atoms with Crippen LogP contribution in [0.25, 0.3) is 0 Å². The molecule has 2 aromatic rings. The summed E-state index contributed by atoms with van der Waals surface area (Å²) in [6.07, 6.45) is 5.13. The van der Waals surface area contributed by atoms with Crippen molar-refractivity contribution in [1.29, 1.82) is 0 Å². The van der Waals surface area contributed by atoms with E-state index in [4.69, 9.17) is 4.74 Å². The van der Waals surface area contributed by atoms with Gasteiger partial charge in [0.15, 0.2) is 0 Å². The molecular formula is C9H11N5O. The second-order valence-electron chi connectivity index (χ2n) is 2.92. The second kappa shape index (κ2) is 3.95. The molecule has 2 aromatic heterocycles. The summed E-state index contributed by atoms with van der Waals surface area (Å²) in [4.78, 5) is 8.09. The lowest BCUT2D eigenvalue weighted by atomic mass is 10.5. The predicted octanol–water partition coefficient (Wildman–Crippen LogP) is 0.962. The largest absolute Gasteiger partial charge is 0.478 e. The quantitative estimate of drug-likeness (QED) is 0.808. The Kier molecular flexibility index (Phi) is 2.49. The fourth-order valence-corrected chi connectivity index (χ4v) is 1.19. The van der Waals surface area contributed by atoms with Crippen molar-refractivity contribution >= 4 is 11.6 Å². The summed E-state index contributed by atoms with van der Waals surface area (Å²) in [7, 11) is 3.39. The van der Waals surface area contributed by atoms with Crippen molar-refractivity contribution in [1.82, 2.24) is 19.7 Å². The Morgan fingerprint density at radius 1 is 1.33 bits per heavy atom. The van der Waals surface area contributed by atoms with Crippen LogP contribution in [0.1, 0.15) is 0 Å². The highest BCUT2D eigenvalue weighted by Crippen LogP contribution is 2.23. The lowest BCUT2D eigenvalue weighted by Crippen LogP contribution is -1.96. The van der Waals surface area contributed by atoms with Gasteiger partial charge in [-0.05, 0) is 6.07 Å². The van der Waals surface area contributed by atoms with E-state index < -0.39 is 0 Å². The summed E-state index contributed by atoms with van der Waals surface area (Å²) < 4.78 is 6.75. The minimum atomic E-state index is 0.517. The molecule has 0 atom stereocenters. The first-order valence-corrected chi connectivity index (χ1v) is 4.41. The molecule has 1 N–H and O–H groups in total. The SMILES string of the molecule is COc1nn(C)cc1Nc1ncccn1. The molecule has 15 heavy (non-hydrogen) atoms. The number of hydrogen-bond donors (Lipinski definition) is 1. The van der Waals surface area contributed by atoms with Gasteiger partial charge in [-0.25, -0.2) is 9.97 Å². The summed E-state index contributed by atoms with van der Waals surface area (Å²) in [5, 5.41) is 7.12. The molecule has 0 aliphatic heterocycles. The molecule has 0 radical (unpaired) electrons. The number of aromatic nitrogens is 4. The van der Waals surface area contributed by atoms with E-state index in [1.165, 1.54) is 0 Å². The second-order valence-corrected chi connectivity index (χ2v) is 2.92. The first kappa shape index (κ1) is 9.45. The smallest absolute Gasteiger partial charge is 0.256 e. The van der Waals surface area contributed by atoms with Crippen molar-refractivity contribution in [3.8, 4) is 5.88 Å². The van der Waals surface area contributed by atoms with Crippen LogP contribution in [0, 0.1) is 0 Å². The number of nitrogens with one attached hydrogen (secondary N) is 1. The van der Waals surface area contributed by atoms with Gasteiger partial charge in [0, 0.05) is 19.4 Å². The molecule has 6 nitrogen and oxygen atoms in total. The minimum absolute atomic E-state index is 0.517. The maximum atomic E-state index is 5.09. The van der Waals surface area contributed by atoms with E-state index in [1.807, 2.05) is 7.05 Å². The van der Waals surface area contributed by atoms with Crippen LogP contribution in [0.3, 0.4) is 0 Å². The van der Waals surface area contributed by atoms with E-state index in [0.717, 1.165) is 5.69 Å². The first-order chi connectivity index (χ1) is 7.29. The van der Waals surface area contributed by atoms with Gasteiger partial charge in [0.25, 0.3) is 5.88 Å².